The molecule has 154 valence electrons. The van der Waals surface area contributed by atoms with Crippen molar-refractivity contribution in [2.75, 3.05) is 23.9 Å². The third-order valence-electron chi connectivity index (χ3n) is 4.09. The van der Waals surface area contributed by atoms with Crippen molar-refractivity contribution in [1.82, 2.24) is 0 Å². The minimum atomic E-state index is 0.0292. The van der Waals surface area contributed by atoms with Crippen LogP contribution in [0.5, 0.6) is 11.5 Å². The van der Waals surface area contributed by atoms with E-state index in [0.29, 0.717) is 36.0 Å². The third kappa shape index (κ3) is 6.00. The maximum atomic E-state index is 12.5. The van der Waals surface area contributed by atoms with Crippen LogP contribution in [0.25, 0.3) is 0 Å². The normalized spacial score (nSPS) is 15.6. The number of amides is 1. The second-order valence-corrected chi connectivity index (χ2v) is 8.75. The summed E-state index contributed by atoms with van der Waals surface area (Å²) in [5.74, 6) is 2.99. The zero-order valence-corrected chi connectivity index (χ0v) is 18.2. The Morgan fingerprint density at radius 3 is 1.93 bits per heavy atom. The first-order valence-electron chi connectivity index (χ1n) is 9.92. The summed E-state index contributed by atoms with van der Waals surface area (Å²) in [6, 6.07) is 15.2. The number of aliphatic imine (C=N–C) groups is 1. The number of anilines is 1. The molecule has 3 rings (SSSR count). The summed E-state index contributed by atoms with van der Waals surface area (Å²) in [5, 5.41) is 0.682. The van der Waals surface area contributed by atoms with Crippen molar-refractivity contribution in [3.63, 3.8) is 0 Å². The lowest BCUT2D eigenvalue weighted by molar-refractivity contribution is -0.115. The van der Waals surface area contributed by atoms with E-state index in [-0.39, 0.29) is 5.91 Å². The van der Waals surface area contributed by atoms with Crippen LogP contribution in [0.4, 0.5) is 11.4 Å². The van der Waals surface area contributed by atoms with Gasteiger partial charge < -0.3 is 9.47 Å². The maximum Gasteiger partial charge on any atom is 0.243 e. The third-order valence-corrected chi connectivity index (χ3v) is 5.01. The van der Waals surface area contributed by atoms with Gasteiger partial charge in [-0.15, -0.1) is 0 Å². The van der Waals surface area contributed by atoms with Gasteiger partial charge in [0.25, 0.3) is 0 Å². The summed E-state index contributed by atoms with van der Waals surface area (Å²) in [6.07, 6.45) is 0. The van der Waals surface area contributed by atoms with Crippen LogP contribution in [0.15, 0.2) is 53.5 Å². The fourth-order valence-corrected chi connectivity index (χ4v) is 3.53. The summed E-state index contributed by atoms with van der Waals surface area (Å²) in [5.41, 5.74) is 1.59. The molecule has 0 aromatic heterocycles. The van der Waals surface area contributed by atoms with E-state index >= 15 is 0 Å². The number of rotatable bonds is 8. The number of carbonyl (C=O) groups excluding carboxylic acids is 1. The highest BCUT2D eigenvalue weighted by Gasteiger charge is 2.29. The van der Waals surface area contributed by atoms with Gasteiger partial charge >= 0.3 is 0 Å². The number of hydrogen-bond donors (Lipinski definition) is 0. The first-order valence-corrected chi connectivity index (χ1v) is 10.9. The highest BCUT2D eigenvalue weighted by Crippen LogP contribution is 2.30. The first-order chi connectivity index (χ1) is 13.9. The Kier molecular flexibility index (Phi) is 7.20. The van der Waals surface area contributed by atoms with Gasteiger partial charge in [0.15, 0.2) is 5.17 Å². The number of carbonyl (C=O) groups is 1. The summed E-state index contributed by atoms with van der Waals surface area (Å²) in [6.45, 7) is 9.81. The Morgan fingerprint density at radius 1 is 0.897 bits per heavy atom. The Morgan fingerprint density at radius 2 is 1.41 bits per heavy atom. The van der Waals surface area contributed by atoms with E-state index in [2.05, 4.69) is 32.7 Å². The molecule has 0 radical (unpaired) electrons. The molecule has 1 heterocycles. The van der Waals surface area contributed by atoms with Gasteiger partial charge in [-0.1, -0.05) is 39.5 Å². The van der Waals surface area contributed by atoms with Gasteiger partial charge in [-0.3, -0.25) is 9.69 Å². The molecule has 1 saturated heterocycles. The predicted octanol–water partition coefficient (Wildman–Crippen LogP) is 5.52. The van der Waals surface area contributed by atoms with Crippen molar-refractivity contribution in [1.29, 1.82) is 0 Å². The second-order valence-electron chi connectivity index (χ2n) is 7.81. The summed E-state index contributed by atoms with van der Waals surface area (Å²) in [4.78, 5) is 18.8. The molecule has 1 aliphatic rings. The second kappa shape index (κ2) is 9.83. The van der Waals surface area contributed by atoms with Crippen LogP contribution in [0, 0.1) is 11.8 Å². The number of amidine groups is 1. The summed E-state index contributed by atoms with van der Waals surface area (Å²) in [7, 11) is 0. The smallest absolute Gasteiger partial charge is 0.243 e. The van der Waals surface area contributed by atoms with E-state index in [0.717, 1.165) is 22.9 Å². The number of nitrogens with zero attached hydrogens (tertiary/aromatic N) is 2. The standard InChI is InChI=1S/C23H28N2O3S/c1-16(2)13-27-20-9-5-18(6-10-20)24-23-25(22(26)15-29-23)19-7-11-21(12-8-19)28-14-17(3)4/h5-12,16-17H,13-15H2,1-4H3. The quantitative estimate of drug-likeness (QED) is 0.572. The highest BCUT2D eigenvalue weighted by molar-refractivity contribution is 8.15. The lowest BCUT2D eigenvalue weighted by Gasteiger charge is -2.17. The van der Waals surface area contributed by atoms with Crippen molar-refractivity contribution < 1.29 is 14.3 Å². The number of thioether (sulfide) groups is 1. The molecule has 29 heavy (non-hydrogen) atoms. The largest absolute Gasteiger partial charge is 0.493 e. The molecule has 0 spiro atoms. The van der Waals surface area contributed by atoms with Crippen LogP contribution < -0.4 is 14.4 Å². The minimum absolute atomic E-state index is 0.0292. The van der Waals surface area contributed by atoms with Crippen molar-refractivity contribution in [3.8, 4) is 11.5 Å². The van der Waals surface area contributed by atoms with Crippen LogP contribution in [0.2, 0.25) is 0 Å². The number of benzene rings is 2. The highest BCUT2D eigenvalue weighted by atomic mass is 32.2. The molecule has 0 N–H and O–H groups in total. The molecule has 1 amide bonds. The minimum Gasteiger partial charge on any atom is -0.493 e. The molecule has 5 nitrogen and oxygen atoms in total. The van der Waals surface area contributed by atoms with Gasteiger partial charge in [0.05, 0.1) is 30.3 Å². The predicted molar refractivity (Wildman–Crippen MR) is 121 cm³/mol. The van der Waals surface area contributed by atoms with Gasteiger partial charge in [0.2, 0.25) is 5.91 Å². The molecular weight excluding hydrogens is 384 g/mol. The van der Waals surface area contributed by atoms with E-state index in [4.69, 9.17) is 9.47 Å². The molecule has 0 saturated carbocycles. The van der Waals surface area contributed by atoms with E-state index in [1.165, 1.54) is 11.8 Å². The average molecular weight is 413 g/mol. The molecule has 0 aliphatic carbocycles. The van der Waals surface area contributed by atoms with Crippen molar-refractivity contribution in [2.45, 2.75) is 27.7 Å². The molecule has 6 heteroatoms. The molecule has 0 bridgehead atoms. The monoisotopic (exact) mass is 412 g/mol. The van der Waals surface area contributed by atoms with Crippen LogP contribution >= 0.6 is 11.8 Å². The van der Waals surface area contributed by atoms with Crippen molar-refractivity contribution in [2.24, 2.45) is 16.8 Å². The molecule has 0 unspecified atom stereocenters. The van der Waals surface area contributed by atoms with Crippen molar-refractivity contribution in [3.05, 3.63) is 48.5 Å². The molecule has 0 atom stereocenters. The van der Waals surface area contributed by atoms with Crippen LogP contribution in [-0.2, 0) is 4.79 Å². The van der Waals surface area contributed by atoms with Gasteiger partial charge in [-0.25, -0.2) is 4.99 Å². The fraction of sp³-hybridized carbons (Fsp3) is 0.391. The molecule has 1 fully saturated rings. The van der Waals surface area contributed by atoms with Gasteiger partial charge in [0.1, 0.15) is 11.5 Å². The molecule has 2 aromatic rings. The lowest BCUT2D eigenvalue weighted by Crippen LogP contribution is -2.29. The van der Waals surface area contributed by atoms with Gasteiger partial charge in [0, 0.05) is 0 Å². The SMILES string of the molecule is CC(C)COc1ccc(N=C2SCC(=O)N2c2ccc(OCC(C)C)cc2)cc1. The van der Waals surface area contributed by atoms with Crippen LogP contribution in [0.1, 0.15) is 27.7 Å². The number of hydrogen-bond acceptors (Lipinski definition) is 5. The summed E-state index contributed by atoms with van der Waals surface area (Å²) >= 11 is 1.45. The van der Waals surface area contributed by atoms with E-state index in [1.807, 2.05) is 48.5 Å². The topological polar surface area (TPSA) is 51.1 Å². The van der Waals surface area contributed by atoms with Gasteiger partial charge in [-0.05, 0) is 60.4 Å². The Bertz CT molecular complexity index is 845. The average Bonchev–Trinajstić information content (AvgIpc) is 3.06. The van der Waals surface area contributed by atoms with Crippen LogP contribution in [-0.4, -0.2) is 30.0 Å². The zero-order valence-electron chi connectivity index (χ0n) is 17.4. The maximum absolute atomic E-state index is 12.5. The van der Waals surface area contributed by atoms with Crippen LogP contribution in [0.3, 0.4) is 0 Å². The van der Waals surface area contributed by atoms with E-state index in [1.54, 1.807) is 4.90 Å². The van der Waals surface area contributed by atoms with Gasteiger partial charge in [-0.2, -0.15) is 0 Å². The van der Waals surface area contributed by atoms with E-state index in [9.17, 15) is 4.79 Å². The zero-order chi connectivity index (χ0) is 20.8. The Balaban J connectivity index is 1.72. The molecule has 2 aromatic carbocycles. The Labute approximate surface area is 177 Å². The van der Waals surface area contributed by atoms with Crippen molar-refractivity contribution >= 4 is 34.2 Å². The summed E-state index contributed by atoms with van der Waals surface area (Å²) < 4.78 is 11.4. The molecular formula is C23H28N2O3S. The fourth-order valence-electron chi connectivity index (χ4n) is 2.64. The first kappa shape index (κ1) is 21.2. The lowest BCUT2D eigenvalue weighted by atomic mass is 10.2. The van der Waals surface area contributed by atoms with E-state index < -0.39 is 0 Å². The molecule has 1 aliphatic heterocycles. The number of ether oxygens (including phenoxy) is 2. The Hall–Kier alpha value is -2.47.